The van der Waals surface area contributed by atoms with Crippen LogP contribution in [0.1, 0.15) is 425 Å². The van der Waals surface area contributed by atoms with Crippen molar-refractivity contribution in [3.63, 3.8) is 0 Å². The first-order valence-corrected chi connectivity index (χ1v) is 38.0. The predicted octanol–water partition coefficient (Wildman–Crippen LogP) is 27.7. The summed E-state index contributed by atoms with van der Waals surface area (Å²) in [5, 5.41) is 0. The van der Waals surface area contributed by atoms with Gasteiger partial charge in [-0.1, -0.05) is 371 Å². The summed E-state index contributed by atoms with van der Waals surface area (Å²) >= 11 is 0. The molecule has 0 aromatic heterocycles. The number of esters is 1. The van der Waals surface area contributed by atoms with Crippen molar-refractivity contribution >= 4 is 5.97 Å². The van der Waals surface area contributed by atoms with E-state index in [1.54, 1.807) is 0 Å². The van der Waals surface area contributed by atoms with Gasteiger partial charge in [0.15, 0.2) is 0 Å². The van der Waals surface area contributed by atoms with Gasteiger partial charge in [0.05, 0.1) is 0 Å². The monoisotopic (exact) mass is 1150 g/mol. The number of carbonyl (C=O) groups is 1. The molecule has 82 heavy (non-hydrogen) atoms. The molecule has 0 aliphatic heterocycles. The smallest absolute Gasteiger partial charge is 0.306 e. The minimum absolute atomic E-state index is 0.0122. The molecule has 0 N–H and O–H groups in total. The number of unbranched alkanes of at least 4 members (excludes halogenated alkanes) is 54. The van der Waals surface area contributed by atoms with E-state index in [1.165, 1.54) is 372 Å². The fourth-order valence-corrected chi connectivity index (χ4v) is 12.1. The van der Waals surface area contributed by atoms with Gasteiger partial charge in [0.25, 0.3) is 0 Å². The number of rotatable bonds is 71. The van der Waals surface area contributed by atoms with Gasteiger partial charge in [-0.2, -0.15) is 0 Å². The summed E-state index contributed by atoms with van der Waals surface area (Å²) in [4.78, 5) is 14.8. The van der Waals surface area contributed by atoms with Gasteiger partial charge in [0.2, 0.25) is 0 Å². The summed E-state index contributed by atoms with van der Waals surface area (Å²) in [5.41, 5.74) is 0. The summed E-state index contributed by atoms with van der Waals surface area (Å²) in [6.45, 7) is 5.52. The topological polar surface area (TPSA) is 29.5 Å². The lowest BCUT2D eigenvalue weighted by Crippen LogP contribution is -2.20. The van der Waals surface area contributed by atoms with E-state index in [4.69, 9.17) is 4.74 Å². The SMILES string of the molecule is CCCCCC=CCC=CCCCCCCCCC(CCCCCCCCC=CCC=CCCCCCCCCCCCCCCCCCCCCCCCCCCCCCCCCCCCCCCCCC)OC(=O)CCCN(C)C. The Bertz CT molecular complexity index is 1300. The lowest BCUT2D eigenvalue weighted by molar-refractivity contribution is -0.150. The third-order valence-electron chi connectivity index (χ3n) is 17.7. The Kier molecular flexibility index (Phi) is 72.2. The van der Waals surface area contributed by atoms with E-state index in [0.29, 0.717) is 6.42 Å². The zero-order valence-corrected chi connectivity index (χ0v) is 56.9. The van der Waals surface area contributed by atoms with Crippen LogP contribution in [0.25, 0.3) is 0 Å². The molecular weight excluding hydrogens is 995 g/mol. The summed E-state index contributed by atoms with van der Waals surface area (Å²) in [6.07, 6.45) is 106. The van der Waals surface area contributed by atoms with Crippen molar-refractivity contribution < 1.29 is 9.53 Å². The van der Waals surface area contributed by atoms with Crippen LogP contribution in [0.4, 0.5) is 0 Å². The van der Waals surface area contributed by atoms with Gasteiger partial charge in [0, 0.05) is 6.42 Å². The Balaban J connectivity index is 3.53. The van der Waals surface area contributed by atoms with Gasteiger partial charge < -0.3 is 9.64 Å². The lowest BCUT2D eigenvalue weighted by atomic mass is 10.0. The highest BCUT2D eigenvalue weighted by Gasteiger charge is 2.14. The molecule has 0 rings (SSSR count). The van der Waals surface area contributed by atoms with Crippen molar-refractivity contribution in [1.82, 2.24) is 4.90 Å². The fraction of sp³-hybridized carbons (Fsp3) is 0.886. The fourth-order valence-electron chi connectivity index (χ4n) is 12.1. The van der Waals surface area contributed by atoms with Crippen LogP contribution in [-0.2, 0) is 9.53 Å². The van der Waals surface area contributed by atoms with E-state index >= 15 is 0 Å². The van der Waals surface area contributed by atoms with Gasteiger partial charge in [-0.15, -0.1) is 0 Å². The second-order valence-corrected chi connectivity index (χ2v) is 26.5. The first-order valence-electron chi connectivity index (χ1n) is 38.0. The molecule has 0 aromatic rings. The second-order valence-electron chi connectivity index (χ2n) is 26.5. The van der Waals surface area contributed by atoms with E-state index in [0.717, 1.165) is 38.6 Å². The Hall–Kier alpha value is -1.61. The standard InChI is InChI=1S/C79H151NO2/c1-5-7-9-11-13-15-17-19-21-23-24-25-26-27-28-29-30-31-32-33-34-35-36-37-38-39-40-41-42-43-44-45-46-47-48-49-50-51-52-53-54-55-56-57-58-60-62-64-66-68-70-72-75-78(82-79(81)76-73-77-80(3)4)74-71-69-67-65-63-61-59-22-20-18-16-14-12-10-8-6-2/h14,16,20,22,54-55,57-58,78H,5-13,15,17-19,21,23-53,56,59-77H2,1-4H3. The van der Waals surface area contributed by atoms with Crippen LogP contribution in [0.2, 0.25) is 0 Å². The van der Waals surface area contributed by atoms with Crippen molar-refractivity contribution in [1.29, 1.82) is 0 Å². The third kappa shape index (κ3) is 72.6. The van der Waals surface area contributed by atoms with Gasteiger partial charge in [-0.25, -0.2) is 0 Å². The molecule has 3 heteroatoms. The Morgan fingerprint density at radius 1 is 0.280 bits per heavy atom. The van der Waals surface area contributed by atoms with E-state index < -0.39 is 0 Å². The zero-order valence-electron chi connectivity index (χ0n) is 56.9. The van der Waals surface area contributed by atoms with Crippen LogP contribution in [0.15, 0.2) is 48.6 Å². The van der Waals surface area contributed by atoms with Gasteiger partial charge in [-0.3, -0.25) is 4.79 Å². The van der Waals surface area contributed by atoms with Crippen LogP contribution >= 0.6 is 0 Å². The van der Waals surface area contributed by atoms with Gasteiger partial charge >= 0.3 is 5.97 Å². The van der Waals surface area contributed by atoms with Crippen LogP contribution in [-0.4, -0.2) is 37.6 Å². The summed E-state index contributed by atoms with van der Waals surface area (Å²) in [5.74, 6) is 0.0122. The predicted molar refractivity (Wildman–Crippen MR) is 372 cm³/mol. The van der Waals surface area contributed by atoms with Gasteiger partial charge in [0.1, 0.15) is 6.10 Å². The Morgan fingerprint density at radius 2 is 0.488 bits per heavy atom. The number of hydrogen-bond donors (Lipinski definition) is 0. The maximum atomic E-state index is 12.7. The van der Waals surface area contributed by atoms with Crippen molar-refractivity contribution in [2.45, 2.75) is 431 Å². The highest BCUT2D eigenvalue weighted by molar-refractivity contribution is 5.69. The molecule has 1 atom stereocenters. The van der Waals surface area contributed by atoms with Crippen LogP contribution in [0.3, 0.4) is 0 Å². The molecule has 1 unspecified atom stereocenters. The summed E-state index contributed by atoms with van der Waals surface area (Å²) in [6, 6.07) is 0. The molecule has 0 fully saturated rings. The van der Waals surface area contributed by atoms with E-state index in [2.05, 4.69) is 81.5 Å². The van der Waals surface area contributed by atoms with Crippen molar-refractivity contribution in [3.05, 3.63) is 48.6 Å². The second kappa shape index (κ2) is 73.6. The molecule has 0 radical (unpaired) electrons. The minimum atomic E-state index is 0.0122. The van der Waals surface area contributed by atoms with Crippen LogP contribution < -0.4 is 0 Å². The molecule has 0 aliphatic rings. The van der Waals surface area contributed by atoms with Crippen molar-refractivity contribution in [2.75, 3.05) is 20.6 Å². The normalized spacial score (nSPS) is 12.5. The summed E-state index contributed by atoms with van der Waals surface area (Å²) in [7, 11) is 4.14. The van der Waals surface area contributed by atoms with Crippen LogP contribution in [0.5, 0.6) is 0 Å². The summed E-state index contributed by atoms with van der Waals surface area (Å²) < 4.78 is 6.06. The molecule has 0 bridgehead atoms. The van der Waals surface area contributed by atoms with E-state index in [9.17, 15) is 4.79 Å². The number of ether oxygens (including phenoxy) is 1. The first-order chi connectivity index (χ1) is 40.6. The Labute approximate surface area is 517 Å². The number of carbonyl (C=O) groups excluding carboxylic acids is 1. The number of hydrogen-bond acceptors (Lipinski definition) is 3. The molecule has 0 saturated heterocycles. The molecule has 3 nitrogen and oxygen atoms in total. The van der Waals surface area contributed by atoms with Crippen molar-refractivity contribution in [3.8, 4) is 0 Å². The molecule has 0 spiro atoms. The number of allylic oxidation sites excluding steroid dienone is 8. The highest BCUT2D eigenvalue weighted by Crippen LogP contribution is 2.21. The van der Waals surface area contributed by atoms with Crippen LogP contribution in [0, 0.1) is 0 Å². The quantitative estimate of drug-likeness (QED) is 0.0345. The lowest BCUT2D eigenvalue weighted by Gasteiger charge is -2.18. The highest BCUT2D eigenvalue weighted by atomic mass is 16.5. The number of nitrogens with zero attached hydrogens (tertiary/aromatic N) is 1. The molecule has 0 aromatic carbocycles. The zero-order chi connectivity index (χ0) is 59.1. The molecule has 0 heterocycles. The molecule has 0 saturated carbocycles. The molecular formula is C79H151NO2. The molecule has 0 aliphatic carbocycles. The van der Waals surface area contributed by atoms with Gasteiger partial charge in [-0.05, 0) is 117 Å². The third-order valence-corrected chi connectivity index (χ3v) is 17.7. The Morgan fingerprint density at radius 3 is 0.732 bits per heavy atom. The maximum absolute atomic E-state index is 12.7. The van der Waals surface area contributed by atoms with E-state index in [1.807, 2.05) is 0 Å². The molecule has 0 amide bonds. The average molecular weight is 1150 g/mol. The minimum Gasteiger partial charge on any atom is -0.462 e. The van der Waals surface area contributed by atoms with E-state index in [-0.39, 0.29) is 12.1 Å². The molecule has 484 valence electrons. The first kappa shape index (κ1) is 80.4. The largest absolute Gasteiger partial charge is 0.462 e. The maximum Gasteiger partial charge on any atom is 0.306 e. The average Bonchev–Trinajstić information content (AvgIpc) is 3.47. The van der Waals surface area contributed by atoms with Crippen molar-refractivity contribution in [2.24, 2.45) is 0 Å².